The molecule has 0 saturated carbocycles. The van der Waals surface area contributed by atoms with Crippen molar-refractivity contribution in [3.8, 4) is 17.1 Å². The third-order valence-electron chi connectivity index (χ3n) is 4.84. The number of ether oxygens (including phenoxy) is 1. The number of nitro groups is 1. The Hall–Kier alpha value is -3.61. The number of amides is 1. The number of para-hydroxylation sites is 1. The molecule has 4 rings (SSSR count). The molecule has 0 bridgehead atoms. The predicted octanol–water partition coefficient (Wildman–Crippen LogP) is 4.46. The Morgan fingerprint density at radius 1 is 1.18 bits per heavy atom. The van der Waals surface area contributed by atoms with E-state index < -0.39 is 4.92 Å². The minimum absolute atomic E-state index is 0.143. The number of aryl methyl sites for hydroxylation is 1. The van der Waals surface area contributed by atoms with Crippen molar-refractivity contribution in [2.45, 2.75) is 12.8 Å². The molecule has 1 aromatic heterocycles. The first-order chi connectivity index (χ1) is 13.6. The van der Waals surface area contributed by atoms with Gasteiger partial charge in [0.25, 0.3) is 11.6 Å². The molecular weight excluding hydrogens is 360 g/mol. The van der Waals surface area contributed by atoms with Gasteiger partial charge in [-0.25, -0.2) is 0 Å². The van der Waals surface area contributed by atoms with Crippen LogP contribution < -0.4 is 9.64 Å². The van der Waals surface area contributed by atoms with Crippen LogP contribution in [-0.4, -0.2) is 24.5 Å². The number of carbonyl (C=O) groups excluding carboxylic acids is 1. The number of hydrogen-bond acceptors (Lipinski definition) is 5. The molecule has 0 aliphatic carbocycles. The van der Waals surface area contributed by atoms with Gasteiger partial charge >= 0.3 is 0 Å². The van der Waals surface area contributed by atoms with Gasteiger partial charge in [0.2, 0.25) is 0 Å². The lowest BCUT2D eigenvalue weighted by molar-refractivity contribution is -0.384. The zero-order valence-corrected chi connectivity index (χ0v) is 15.3. The summed E-state index contributed by atoms with van der Waals surface area (Å²) in [5.74, 6) is 0.539. The van der Waals surface area contributed by atoms with Crippen LogP contribution in [0.1, 0.15) is 22.5 Å². The van der Waals surface area contributed by atoms with E-state index in [1.54, 1.807) is 29.2 Å². The Labute approximate surface area is 161 Å². The highest BCUT2D eigenvalue weighted by Gasteiger charge is 2.27. The van der Waals surface area contributed by atoms with Crippen molar-refractivity contribution in [2.24, 2.45) is 0 Å². The maximum atomic E-state index is 13.0. The van der Waals surface area contributed by atoms with Crippen LogP contribution in [0.25, 0.3) is 11.3 Å². The van der Waals surface area contributed by atoms with Crippen LogP contribution in [0, 0.1) is 10.1 Å². The molecule has 7 nitrogen and oxygen atoms in total. The Morgan fingerprint density at radius 3 is 2.79 bits per heavy atom. The van der Waals surface area contributed by atoms with Crippen LogP contribution in [0.15, 0.2) is 59.0 Å². The summed E-state index contributed by atoms with van der Waals surface area (Å²) in [7, 11) is 1.44. The smallest absolute Gasteiger partial charge is 0.293 e. The standard InChI is InChI=1S/C21H18N2O5/c1-27-15-8-9-16(18(13-15)23(25)26)19-10-11-20(28-19)21(24)22-12-4-6-14-5-2-3-7-17(14)22/h2-3,5,7-11,13H,4,6,12H2,1H3. The van der Waals surface area contributed by atoms with E-state index >= 15 is 0 Å². The van der Waals surface area contributed by atoms with Crippen molar-refractivity contribution in [1.29, 1.82) is 0 Å². The molecule has 0 unspecified atom stereocenters. The molecule has 28 heavy (non-hydrogen) atoms. The summed E-state index contributed by atoms with van der Waals surface area (Å²) in [6, 6.07) is 15.4. The number of fused-ring (bicyclic) bond motifs is 1. The molecule has 1 aliphatic rings. The molecule has 3 aromatic rings. The van der Waals surface area contributed by atoms with Gasteiger partial charge in [0, 0.05) is 12.2 Å². The van der Waals surface area contributed by atoms with Gasteiger partial charge in [-0.05, 0) is 48.7 Å². The largest absolute Gasteiger partial charge is 0.497 e. The average molecular weight is 378 g/mol. The van der Waals surface area contributed by atoms with E-state index in [1.165, 1.54) is 13.2 Å². The monoisotopic (exact) mass is 378 g/mol. The Balaban J connectivity index is 1.68. The molecule has 0 spiro atoms. The minimum atomic E-state index is -0.497. The summed E-state index contributed by atoms with van der Waals surface area (Å²) in [5.41, 5.74) is 2.16. The van der Waals surface area contributed by atoms with Crippen LogP contribution in [0.3, 0.4) is 0 Å². The topological polar surface area (TPSA) is 85.8 Å². The molecule has 2 heterocycles. The maximum absolute atomic E-state index is 13.0. The van der Waals surface area contributed by atoms with Gasteiger partial charge in [-0.2, -0.15) is 0 Å². The summed E-state index contributed by atoms with van der Waals surface area (Å²) in [6.45, 7) is 0.606. The fraction of sp³-hybridized carbons (Fsp3) is 0.190. The first-order valence-corrected chi connectivity index (χ1v) is 8.91. The van der Waals surface area contributed by atoms with Crippen molar-refractivity contribution in [2.75, 3.05) is 18.6 Å². The minimum Gasteiger partial charge on any atom is -0.497 e. The van der Waals surface area contributed by atoms with Crippen LogP contribution in [0.5, 0.6) is 5.75 Å². The molecule has 1 aliphatic heterocycles. The lowest BCUT2D eigenvalue weighted by atomic mass is 10.0. The number of nitro benzene ring substituents is 1. The summed E-state index contributed by atoms with van der Waals surface area (Å²) in [4.78, 5) is 25.6. The van der Waals surface area contributed by atoms with Gasteiger partial charge in [0.1, 0.15) is 11.5 Å². The second-order valence-electron chi connectivity index (χ2n) is 6.49. The maximum Gasteiger partial charge on any atom is 0.293 e. The normalized spacial score (nSPS) is 13.1. The third kappa shape index (κ3) is 3.11. The Kier molecular flexibility index (Phi) is 4.57. The van der Waals surface area contributed by atoms with E-state index in [0.29, 0.717) is 17.9 Å². The lowest BCUT2D eigenvalue weighted by Gasteiger charge is -2.28. The number of methoxy groups -OCH3 is 1. The highest BCUT2D eigenvalue weighted by Crippen LogP contribution is 2.35. The molecule has 0 radical (unpaired) electrons. The van der Waals surface area contributed by atoms with Crippen LogP contribution in [-0.2, 0) is 6.42 Å². The van der Waals surface area contributed by atoms with Crippen LogP contribution >= 0.6 is 0 Å². The first-order valence-electron chi connectivity index (χ1n) is 8.91. The molecular formula is C21H18N2O5. The average Bonchev–Trinajstić information content (AvgIpc) is 3.22. The molecule has 7 heteroatoms. The van der Waals surface area contributed by atoms with Crippen molar-refractivity contribution < 1.29 is 18.9 Å². The first kappa shape index (κ1) is 17.8. The SMILES string of the molecule is COc1ccc(-c2ccc(C(=O)N3CCCc4ccccc43)o2)c([N+](=O)[O-])c1. The number of nitrogens with zero attached hydrogens (tertiary/aromatic N) is 2. The van der Waals surface area contributed by atoms with E-state index in [1.807, 2.05) is 24.3 Å². The molecule has 0 fully saturated rings. The van der Waals surface area contributed by atoms with Gasteiger partial charge in [-0.3, -0.25) is 14.9 Å². The number of carbonyl (C=O) groups is 1. The molecule has 0 saturated heterocycles. The van der Waals surface area contributed by atoms with E-state index in [0.717, 1.165) is 24.1 Å². The van der Waals surface area contributed by atoms with Crippen molar-refractivity contribution in [1.82, 2.24) is 0 Å². The van der Waals surface area contributed by atoms with E-state index in [2.05, 4.69) is 0 Å². The second-order valence-corrected chi connectivity index (χ2v) is 6.49. The highest BCUT2D eigenvalue weighted by atomic mass is 16.6. The van der Waals surface area contributed by atoms with Crippen molar-refractivity contribution in [3.63, 3.8) is 0 Å². The van der Waals surface area contributed by atoms with Crippen molar-refractivity contribution in [3.05, 3.63) is 76.0 Å². The Bertz CT molecular complexity index is 1060. The lowest BCUT2D eigenvalue weighted by Crippen LogP contribution is -2.35. The third-order valence-corrected chi connectivity index (χ3v) is 4.84. The van der Waals surface area contributed by atoms with Gasteiger partial charge in [-0.1, -0.05) is 18.2 Å². The molecule has 2 aromatic carbocycles. The Morgan fingerprint density at radius 2 is 2.00 bits per heavy atom. The second kappa shape index (κ2) is 7.19. The number of hydrogen-bond donors (Lipinski definition) is 0. The van der Waals surface area contributed by atoms with Gasteiger partial charge in [-0.15, -0.1) is 0 Å². The zero-order chi connectivity index (χ0) is 19.7. The van der Waals surface area contributed by atoms with Gasteiger partial charge in [0.15, 0.2) is 5.76 Å². The fourth-order valence-electron chi connectivity index (χ4n) is 3.47. The summed E-state index contributed by atoms with van der Waals surface area (Å²) in [5, 5.41) is 11.4. The highest BCUT2D eigenvalue weighted by molar-refractivity contribution is 6.05. The van der Waals surface area contributed by atoms with E-state index in [9.17, 15) is 14.9 Å². The summed E-state index contributed by atoms with van der Waals surface area (Å²) in [6.07, 6.45) is 1.81. The molecule has 0 atom stereocenters. The van der Waals surface area contributed by atoms with Gasteiger partial charge in [0.05, 0.1) is 23.7 Å². The molecule has 142 valence electrons. The number of benzene rings is 2. The number of furan rings is 1. The predicted molar refractivity (Wildman–Crippen MR) is 104 cm³/mol. The summed E-state index contributed by atoms with van der Waals surface area (Å²) >= 11 is 0. The zero-order valence-electron chi connectivity index (χ0n) is 15.3. The quantitative estimate of drug-likeness (QED) is 0.494. The van der Waals surface area contributed by atoms with E-state index in [4.69, 9.17) is 9.15 Å². The molecule has 1 amide bonds. The van der Waals surface area contributed by atoms with Crippen LogP contribution in [0.2, 0.25) is 0 Å². The number of rotatable bonds is 4. The number of anilines is 1. The van der Waals surface area contributed by atoms with Crippen molar-refractivity contribution >= 4 is 17.3 Å². The van der Waals surface area contributed by atoms with Crippen LogP contribution in [0.4, 0.5) is 11.4 Å². The van der Waals surface area contributed by atoms with E-state index in [-0.39, 0.29) is 23.1 Å². The van der Waals surface area contributed by atoms with Gasteiger partial charge < -0.3 is 14.1 Å². The molecule has 0 N–H and O–H groups in total. The fourth-order valence-corrected chi connectivity index (χ4v) is 3.47. The summed E-state index contributed by atoms with van der Waals surface area (Å²) < 4.78 is 10.8.